The maximum Gasteiger partial charge on any atom is 0.0523 e. The standard InChI is InChI=1S/2C8H16O/c2*1-7(2)5-9-6-8(7,3)4/h2*5-6H2,1-4H3. The van der Waals surface area contributed by atoms with E-state index in [-0.39, 0.29) is 0 Å². The van der Waals surface area contributed by atoms with Crippen molar-refractivity contribution in [1.82, 2.24) is 0 Å². The van der Waals surface area contributed by atoms with Crippen LogP contribution in [0, 0.1) is 21.7 Å². The lowest BCUT2D eigenvalue weighted by Gasteiger charge is -2.31. The van der Waals surface area contributed by atoms with Gasteiger partial charge in [0.15, 0.2) is 0 Å². The normalized spacial score (nSPS) is 30.7. The molecule has 0 radical (unpaired) electrons. The highest BCUT2D eigenvalue weighted by Crippen LogP contribution is 2.44. The Labute approximate surface area is 113 Å². The zero-order chi connectivity index (χ0) is 14.2. The first-order chi connectivity index (χ1) is 7.91. The Morgan fingerprint density at radius 1 is 0.444 bits per heavy atom. The van der Waals surface area contributed by atoms with Crippen LogP contribution in [0.3, 0.4) is 0 Å². The summed E-state index contributed by atoms with van der Waals surface area (Å²) in [6.45, 7) is 21.8. The van der Waals surface area contributed by atoms with E-state index in [1.54, 1.807) is 0 Å². The number of ether oxygens (including phenoxy) is 2. The molecule has 2 saturated heterocycles. The predicted octanol–water partition coefficient (Wildman–Crippen LogP) is 4.14. The van der Waals surface area contributed by atoms with E-state index in [1.807, 2.05) is 0 Å². The maximum absolute atomic E-state index is 5.38. The minimum Gasteiger partial charge on any atom is -0.380 e. The Balaban J connectivity index is 0.000000180. The Morgan fingerprint density at radius 3 is 0.667 bits per heavy atom. The van der Waals surface area contributed by atoms with E-state index in [0.717, 1.165) is 26.4 Å². The molecule has 2 heterocycles. The van der Waals surface area contributed by atoms with Crippen molar-refractivity contribution in [3.63, 3.8) is 0 Å². The first-order valence-electron chi connectivity index (χ1n) is 7.07. The van der Waals surface area contributed by atoms with Crippen molar-refractivity contribution in [3.8, 4) is 0 Å². The van der Waals surface area contributed by atoms with Crippen molar-refractivity contribution in [2.24, 2.45) is 21.7 Å². The third-order valence-electron chi connectivity index (χ3n) is 5.52. The average molecular weight is 256 g/mol. The van der Waals surface area contributed by atoms with Crippen molar-refractivity contribution in [2.75, 3.05) is 26.4 Å². The van der Waals surface area contributed by atoms with Crippen LogP contribution in [0.4, 0.5) is 0 Å². The molecule has 0 spiro atoms. The molecule has 0 aliphatic carbocycles. The maximum atomic E-state index is 5.38. The monoisotopic (exact) mass is 256 g/mol. The molecule has 0 atom stereocenters. The van der Waals surface area contributed by atoms with E-state index in [4.69, 9.17) is 9.47 Å². The van der Waals surface area contributed by atoms with Gasteiger partial charge in [0.1, 0.15) is 0 Å². The third-order valence-corrected chi connectivity index (χ3v) is 5.52. The van der Waals surface area contributed by atoms with Gasteiger partial charge in [0.05, 0.1) is 26.4 Å². The summed E-state index contributed by atoms with van der Waals surface area (Å²) in [5.41, 5.74) is 1.47. The van der Waals surface area contributed by atoms with E-state index in [2.05, 4.69) is 55.4 Å². The van der Waals surface area contributed by atoms with Gasteiger partial charge in [-0.15, -0.1) is 0 Å². The summed E-state index contributed by atoms with van der Waals surface area (Å²) in [6.07, 6.45) is 0. The molecule has 2 nitrogen and oxygen atoms in total. The molecule has 2 fully saturated rings. The highest BCUT2D eigenvalue weighted by Gasteiger charge is 2.43. The fourth-order valence-corrected chi connectivity index (χ4v) is 1.90. The summed E-state index contributed by atoms with van der Waals surface area (Å²) in [5.74, 6) is 0. The molecule has 0 aromatic carbocycles. The Bertz CT molecular complexity index is 229. The molecule has 0 N–H and O–H groups in total. The van der Waals surface area contributed by atoms with Gasteiger partial charge in [0.2, 0.25) is 0 Å². The fourth-order valence-electron chi connectivity index (χ4n) is 1.90. The summed E-state index contributed by atoms with van der Waals surface area (Å²) in [7, 11) is 0. The van der Waals surface area contributed by atoms with E-state index in [1.165, 1.54) is 0 Å². The molecule has 0 saturated carbocycles. The Kier molecular flexibility index (Phi) is 4.25. The van der Waals surface area contributed by atoms with Gasteiger partial charge in [-0.3, -0.25) is 0 Å². The van der Waals surface area contributed by atoms with Gasteiger partial charge in [-0.05, 0) is 21.7 Å². The molecule has 2 heteroatoms. The second-order valence-corrected chi connectivity index (χ2v) is 8.52. The molecule has 0 amide bonds. The van der Waals surface area contributed by atoms with E-state index >= 15 is 0 Å². The van der Waals surface area contributed by atoms with Crippen LogP contribution in [0.25, 0.3) is 0 Å². The molecule has 0 aromatic rings. The van der Waals surface area contributed by atoms with Crippen molar-refractivity contribution < 1.29 is 9.47 Å². The van der Waals surface area contributed by atoms with Gasteiger partial charge in [-0.25, -0.2) is 0 Å². The molecule has 18 heavy (non-hydrogen) atoms. The zero-order valence-corrected chi connectivity index (χ0v) is 13.6. The van der Waals surface area contributed by atoms with E-state index < -0.39 is 0 Å². The minimum atomic E-state index is 0.368. The van der Waals surface area contributed by atoms with Crippen LogP contribution in [-0.2, 0) is 9.47 Å². The fraction of sp³-hybridized carbons (Fsp3) is 1.00. The Hall–Kier alpha value is -0.0800. The van der Waals surface area contributed by atoms with Crippen LogP contribution >= 0.6 is 0 Å². The number of hydrogen-bond acceptors (Lipinski definition) is 2. The van der Waals surface area contributed by atoms with Crippen LogP contribution in [0.5, 0.6) is 0 Å². The average Bonchev–Trinajstić information content (AvgIpc) is 2.51. The van der Waals surface area contributed by atoms with Crippen molar-refractivity contribution in [3.05, 3.63) is 0 Å². The SMILES string of the molecule is CC1(C)COCC1(C)C.CC1(C)COCC1(C)C. The first-order valence-corrected chi connectivity index (χ1v) is 7.07. The van der Waals surface area contributed by atoms with Gasteiger partial charge in [-0.1, -0.05) is 55.4 Å². The topological polar surface area (TPSA) is 18.5 Å². The van der Waals surface area contributed by atoms with Gasteiger partial charge >= 0.3 is 0 Å². The molecule has 2 aliphatic rings. The van der Waals surface area contributed by atoms with Crippen LogP contribution in [0.1, 0.15) is 55.4 Å². The van der Waals surface area contributed by atoms with E-state index in [9.17, 15) is 0 Å². The van der Waals surface area contributed by atoms with E-state index in [0.29, 0.717) is 21.7 Å². The van der Waals surface area contributed by atoms with Gasteiger partial charge in [-0.2, -0.15) is 0 Å². The largest absolute Gasteiger partial charge is 0.380 e. The van der Waals surface area contributed by atoms with Crippen molar-refractivity contribution in [1.29, 1.82) is 0 Å². The first kappa shape index (κ1) is 16.0. The second kappa shape index (κ2) is 4.79. The van der Waals surface area contributed by atoms with Gasteiger partial charge in [0.25, 0.3) is 0 Å². The molecular formula is C16H32O2. The summed E-state index contributed by atoms with van der Waals surface area (Å²) < 4.78 is 10.8. The number of hydrogen-bond donors (Lipinski definition) is 0. The molecule has 0 bridgehead atoms. The van der Waals surface area contributed by atoms with Crippen LogP contribution in [-0.4, -0.2) is 26.4 Å². The summed E-state index contributed by atoms with van der Waals surface area (Å²) in [5, 5.41) is 0. The molecule has 2 rings (SSSR count). The smallest absolute Gasteiger partial charge is 0.0523 e. The molecule has 2 aliphatic heterocycles. The summed E-state index contributed by atoms with van der Waals surface area (Å²) >= 11 is 0. The summed E-state index contributed by atoms with van der Waals surface area (Å²) in [6, 6.07) is 0. The van der Waals surface area contributed by atoms with Crippen molar-refractivity contribution in [2.45, 2.75) is 55.4 Å². The van der Waals surface area contributed by atoms with Crippen molar-refractivity contribution >= 4 is 0 Å². The zero-order valence-electron chi connectivity index (χ0n) is 13.6. The highest BCUT2D eigenvalue weighted by atomic mass is 16.5. The number of rotatable bonds is 0. The molecule has 108 valence electrons. The molecule has 0 unspecified atom stereocenters. The Morgan fingerprint density at radius 2 is 0.611 bits per heavy atom. The summed E-state index contributed by atoms with van der Waals surface area (Å²) in [4.78, 5) is 0. The quantitative estimate of drug-likeness (QED) is 0.648. The van der Waals surface area contributed by atoms with Gasteiger partial charge < -0.3 is 9.47 Å². The lowest BCUT2D eigenvalue weighted by Crippen LogP contribution is -2.30. The minimum absolute atomic E-state index is 0.368. The molecule has 0 aromatic heterocycles. The van der Waals surface area contributed by atoms with Crippen LogP contribution < -0.4 is 0 Å². The highest BCUT2D eigenvalue weighted by molar-refractivity contribution is 4.90. The van der Waals surface area contributed by atoms with Crippen LogP contribution in [0.2, 0.25) is 0 Å². The lowest BCUT2D eigenvalue weighted by molar-refractivity contribution is 0.165. The van der Waals surface area contributed by atoms with Gasteiger partial charge in [0, 0.05) is 0 Å². The van der Waals surface area contributed by atoms with Crippen LogP contribution in [0.15, 0.2) is 0 Å². The lowest BCUT2D eigenvalue weighted by atomic mass is 9.71. The second-order valence-electron chi connectivity index (χ2n) is 8.52. The molecular weight excluding hydrogens is 224 g/mol. The third kappa shape index (κ3) is 3.08. The predicted molar refractivity (Wildman–Crippen MR) is 76.8 cm³/mol.